The molecular formula is C28H25NO5S2. The van der Waals surface area contributed by atoms with Crippen LogP contribution in [0.3, 0.4) is 0 Å². The van der Waals surface area contributed by atoms with Gasteiger partial charge in [-0.3, -0.25) is 4.79 Å². The summed E-state index contributed by atoms with van der Waals surface area (Å²) in [5, 5.41) is 9.38. The monoisotopic (exact) mass is 519 g/mol. The van der Waals surface area contributed by atoms with Gasteiger partial charge in [0.25, 0.3) is 0 Å². The molecule has 2 unspecified atom stereocenters. The number of carbonyl (C=O) groups is 1. The minimum atomic E-state index is -4.12. The smallest absolute Gasteiger partial charge is 0.323 e. The normalized spacial score (nSPS) is 13.0. The maximum absolute atomic E-state index is 13.3. The SMILES string of the molecule is COc1ccc(-c2ccc(S(=O)(=O)NC(C(=O)O)C(Sc3ccccc3)c3ccccc3)cc2)cc1. The number of aliphatic carboxylic acids is 1. The van der Waals surface area contributed by atoms with E-state index in [1.54, 1.807) is 43.5 Å². The van der Waals surface area contributed by atoms with Gasteiger partial charge in [-0.25, -0.2) is 8.42 Å². The van der Waals surface area contributed by atoms with Crippen molar-refractivity contribution in [3.05, 3.63) is 115 Å². The molecule has 8 heteroatoms. The first-order chi connectivity index (χ1) is 17.4. The zero-order chi connectivity index (χ0) is 25.5. The van der Waals surface area contributed by atoms with Crippen LogP contribution in [0, 0.1) is 0 Å². The topological polar surface area (TPSA) is 92.7 Å². The lowest BCUT2D eigenvalue weighted by Gasteiger charge is -2.25. The zero-order valence-electron chi connectivity index (χ0n) is 19.4. The molecule has 0 aliphatic carbocycles. The van der Waals surface area contributed by atoms with E-state index in [-0.39, 0.29) is 4.90 Å². The van der Waals surface area contributed by atoms with Crippen LogP contribution in [0.5, 0.6) is 5.75 Å². The van der Waals surface area contributed by atoms with E-state index >= 15 is 0 Å². The van der Waals surface area contributed by atoms with Crippen molar-refractivity contribution in [2.45, 2.75) is 21.1 Å². The summed E-state index contributed by atoms with van der Waals surface area (Å²) in [4.78, 5) is 13.2. The fraction of sp³-hybridized carbons (Fsp3) is 0.107. The summed E-state index contributed by atoms with van der Waals surface area (Å²) in [5.41, 5.74) is 2.43. The Labute approximate surface area is 215 Å². The molecule has 2 N–H and O–H groups in total. The van der Waals surface area contributed by atoms with Gasteiger partial charge in [-0.2, -0.15) is 4.72 Å². The summed E-state index contributed by atoms with van der Waals surface area (Å²) in [6, 6.07) is 30.7. The van der Waals surface area contributed by atoms with Crippen LogP contribution in [0.4, 0.5) is 0 Å². The molecule has 0 bridgehead atoms. The van der Waals surface area contributed by atoms with Crippen molar-refractivity contribution in [3.63, 3.8) is 0 Å². The van der Waals surface area contributed by atoms with Gasteiger partial charge in [0.05, 0.1) is 17.3 Å². The Kier molecular flexibility index (Phi) is 8.10. The molecule has 184 valence electrons. The standard InChI is InChI=1S/C28H25NO5S2/c1-34-23-16-12-20(13-17-23)21-14-18-25(19-15-21)36(32,33)29-26(28(30)31)27(22-8-4-2-5-9-22)35-24-10-6-3-7-11-24/h2-19,26-27,29H,1H3,(H,30,31). The number of benzene rings is 4. The summed E-state index contributed by atoms with van der Waals surface area (Å²) in [6.07, 6.45) is 0. The van der Waals surface area contributed by atoms with Gasteiger partial charge in [0.15, 0.2) is 0 Å². The van der Waals surface area contributed by atoms with E-state index in [9.17, 15) is 18.3 Å². The van der Waals surface area contributed by atoms with Crippen molar-refractivity contribution in [2.75, 3.05) is 7.11 Å². The minimum Gasteiger partial charge on any atom is -0.497 e. The van der Waals surface area contributed by atoms with Crippen molar-refractivity contribution < 1.29 is 23.1 Å². The molecule has 4 aromatic carbocycles. The Bertz CT molecular complexity index is 1390. The first kappa shape index (κ1) is 25.5. The maximum Gasteiger partial charge on any atom is 0.323 e. The van der Waals surface area contributed by atoms with E-state index in [1.807, 2.05) is 60.7 Å². The molecule has 0 spiro atoms. The molecule has 0 aliphatic rings. The van der Waals surface area contributed by atoms with Gasteiger partial charge in [0.1, 0.15) is 11.8 Å². The first-order valence-electron chi connectivity index (χ1n) is 11.1. The second-order valence-electron chi connectivity index (χ2n) is 7.95. The minimum absolute atomic E-state index is 0.0115. The third-order valence-electron chi connectivity index (χ3n) is 5.57. The Morgan fingerprint density at radius 1 is 0.806 bits per heavy atom. The highest BCUT2D eigenvalue weighted by Gasteiger charge is 2.34. The van der Waals surface area contributed by atoms with Crippen LogP contribution < -0.4 is 9.46 Å². The van der Waals surface area contributed by atoms with E-state index in [1.165, 1.54) is 23.9 Å². The second kappa shape index (κ2) is 11.4. The summed E-state index contributed by atoms with van der Waals surface area (Å²) in [6.45, 7) is 0. The maximum atomic E-state index is 13.3. The molecular weight excluding hydrogens is 494 g/mol. The van der Waals surface area contributed by atoms with Gasteiger partial charge in [0, 0.05) is 4.90 Å². The molecule has 0 saturated heterocycles. The highest BCUT2D eigenvalue weighted by atomic mass is 32.2. The molecule has 0 aromatic heterocycles. The Morgan fingerprint density at radius 3 is 1.86 bits per heavy atom. The molecule has 0 amide bonds. The van der Waals surface area contributed by atoms with Gasteiger partial charge in [-0.05, 0) is 53.1 Å². The van der Waals surface area contributed by atoms with E-state index in [0.29, 0.717) is 5.56 Å². The van der Waals surface area contributed by atoms with E-state index in [0.717, 1.165) is 21.8 Å². The fourth-order valence-electron chi connectivity index (χ4n) is 3.70. The molecule has 4 aromatic rings. The van der Waals surface area contributed by atoms with Gasteiger partial charge in [-0.1, -0.05) is 72.8 Å². The quantitative estimate of drug-likeness (QED) is 0.264. The van der Waals surface area contributed by atoms with Gasteiger partial charge < -0.3 is 9.84 Å². The van der Waals surface area contributed by atoms with Crippen LogP contribution in [0.25, 0.3) is 11.1 Å². The Balaban J connectivity index is 1.61. The lowest BCUT2D eigenvalue weighted by molar-refractivity contribution is -0.139. The van der Waals surface area contributed by atoms with Crippen LogP contribution >= 0.6 is 11.8 Å². The average Bonchev–Trinajstić information content (AvgIpc) is 2.92. The third-order valence-corrected chi connectivity index (χ3v) is 8.37. The highest BCUT2D eigenvalue weighted by molar-refractivity contribution is 7.99. The molecule has 36 heavy (non-hydrogen) atoms. The molecule has 2 atom stereocenters. The van der Waals surface area contributed by atoms with Crippen molar-refractivity contribution in [2.24, 2.45) is 0 Å². The molecule has 4 rings (SSSR count). The van der Waals surface area contributed by atoms with Crippen LogP contribution in [-0.2, 0) is 14.8 Å². The van der Waals surface area contributed by atoms with E-state index in [2.05, 4.69) is 4.72 Å². The highest BCUT2D eigenvalue weighted by Crippen LogP contribution is 2.38. The number of rotatable bonds is 10. The molecule has 0 saturated carbocycles. The number of sulfonamides is 1. The van der Waals surface area contributed by atoms with Crippen LogP contribution in [0.2, 0.25) is 0 Å². The molecule has 0 radical (unpaired) electrons. The lowest BCUT2D eigenvalue weighted by Crippen LogP contribution is -2.44. The molecule has 6 nitrogen and oxygen atoms in total. The van der Waals surface area contributed by atoms with E-state index < -0.39 is 27.3 Å². The number of carboxylic acid groups (broad SMARTS) is 1. The Morgan fingerprint density at radius 2 is 1.33 bits per heavy atom. The number of nitrogens with one attached hydrogen (secondary N) is 1. The molecule has 0 aliphatic heterocycles. The summed E-state index contributed by atoms with van der Waals surface area (Å²) < 4.78 is 34.1. The largest absolute Gasteiger partial charge is 0.497 e. The van der Waals surface area contributed by atoms with Crippen LogP contribution in [0.1, 0.15) is 10.8 Å². The van der Waals surface area contributed by atoms with Crippen molar-refractivity contribution >= 4 is 27.8 Å². The van der Waals surface area contributed by atoms with E-state index in [4.69, 9.17) is 4.74 Å². The summed E-state index contributed by atoms with van der Waals surface area (Å²) >= 11 is 1.30. The number of thioether (sulfide) groups is 1. The lowest BCUT2D eigenvalue weighted by atomic mass is 10.1. The predicted molar refractivity (Wildman–Crippen MR) is 142 cm³/mol. The summed E-state index contributed by atoms with van der Waals surface area (Å²) in [7, 11) is -2.53. The Hall–Kier alpha value is -3.59. The van der Waals surface area contributed by atoms with Crippen molar-refractivity contribution in [1.29, 1.82) is 0 Å². The molecule has 0 heterocycles. The van der Waals surface area contributed by atoms with Gasteiger partial charge in [0.2, 0.25) is 10.0 Å². The number of hydrogen-bond donors (Lipinski definition) is 2. The second-order valence-corrected chi connectivity index (χ2v) is 10.9. The summed E-state index contributed by atoms with van der Waals surface area (Å²) in [5.74, 6) is -0.533. The van der Waals surface area contributed by atoms with Crippen molar-refractivity contribution in [3.8, 4) is 16.9 Å². The van der Waals surface area contributed by atoms with Crippen LogP contribution in [-0.4, -0.2) is 32.6 Å². The number of carboxylic acids is 1. The zero-order valence-corrected chi connectivity index (χ0v) is 21.1. The van der Waals surface area contributed by atoms with Gasteiger partial charge in [-0.15, -0.1) is 11.8 Å². The van der Waals surface area contributed by atoms with Crippen LogP contribution in [0.15, 0.2) is 119 Å². The first-order valence-corrected chi connectivity index (χ1v) is 13.5. The fourth-order valence-corrected chi connectivity index (χ4v) is 6.21. The number of ether oxygens (including phenoxy) is 1. The third kappa shape index (κ3) is 6.15. The number of methoxy groups -OCH3 is 1. The number of hydrogen-bond acceptors (Lipinski definition) is 5. The van der Waals surface area contributed by atoms with Gasteiger partial charge >= 0.3 is 5.97 Å². The van der Waals surface area contributed by atoms with Crippen molar-refractivity contribution in [1.82, 2.24) is 4.72 Å². The predicted octanol–water partition coefficient (Wildman–Crippen LogP) is 5.63. The average molecular weight is 520 g/mol. The molecule has 0 fully saturated rings.